The molecule has 32 heavy (non-hydrogen) atoms. The van der Waals surface area contributed by atoms with Gasteiger partial charge in [-0.25, -0.2) is 4.39 Å². The highest BCUT2D eigenvalue weighted by Gasteiger charge is 2.11. The Morgan fingerprint density at radius 2 is 1.66 bits per heavy atom. The minimum Gasteiger partial charge on any atom is -0.396 e. The lowest BCUT2D eigenvalue weighted by Gasteiger charge is -2.07. The second-order valence-electron chi connectivity index (χ2n) is 7.67. The van der Waals surface area contributed by atoms with Crippen LogP contribution in [0, 0.1) is 13.8 Å². The highest BCUT2D eigenvalue weighted by atomic mass is 19.1. The zero-order valence-corrected chi connectivity index (χ0v) is 18.0. The van der Waals surface area contributed by atoms with Crippen LogP contribution >= 0.6 is 0 Å². The summed E-state index contributed by atoms with van der Waals surface area (Å²) < 4.78 is 14.8. The molecule has 4 rings (SSSR count). The number of pyridine rings is 2. The highest BCUT2D eigenvalue weighted by molar-refractivity contribution is 6.01. The number of aromatic nitrogens is 2. The van der Waals surface area contributed by atoms with Crippen molar-refractivity contribution in [3.8, 4) is 11.1 Å². The van der Waals surface area contributed by atoms with Gasteiger partial charge < -0.3 is 11.5 Å². The Hall–Kier alpha value is -4.06. The Morgan fingerprint density at radius 1 is 0.875 bits per heavy atom. The van der Waals surface area contributed by atoms with E-state index in [4.69, 9.17) is 11.5 Å². The van der Waals surface area contributed by atoms with Gasteiger partial charge in [-0.15, -0.1) is 0 Å². The third-order valence-electron chi connectivity index (χ3n) is 5.22. The van der Waals surface area contributed by atoms with Crippen LogP contribution in [0.15, 0.2) is 83.7 Å². The van der Waals surface area contributed by atoms with E-state index in [-0.39, 0.29) is 18.1 Å². The number of hydrogen-bond acceptors (Lipinski definition) is 4. The van der Waals surface area contributed by atoms with Crippen molar-refractivity contribution in [3.05, 3.63) is 101 Å². The molecule has 0 aliphatic carbocycles. The molecular weight excluding hydrogens is 401 g/mol. The monoisotopic (exact) mass is 425 g/mol. The van der Waals surface area contributed by atoms with Crippen LogP contribution in [0.4, 0.5) is 4.39 Å². The molecule has 4 aromatic rings. The van der Waals surface area contributed by atoms with E-state index in [9.17, 15) is 4.39 Å². The van der Waals surface area contributed by atoms with Crippen LogP contribution in [-0.4, -0.2) is 15.8 Å². The summed E-state index contributed by atoms with van der Waals surface area (Å²) in [6, 6.07) is 21.1. The van der Waals surface area contributed by atoms with Gasteiger partial charge in [-0.3, -0.25) is 15.0 Å². The van der Waals surface area contributed by atoms with Crippen molar-refractivity contribution in [3.63, 3.8) is 0 Å². The molecule has 4 N–H and O–H groups in total. The number of hydrogen-bond donors (Lipinski definition) is 2. The van der Waals surface area contributed by atoms with E-state index >= 15 is 0 Å². The minimum absolute atomic E-state index is 0.0443. The lowest BCUT2D eigenvalue weighted by molar-refractivity contribution is 0.679. The maximum Gasteiger partial charge on any atom is 0.188 e. The molecule has 0 saturated heterocycles. The van der Waals surface area contributed by atoms with E-state index in [1.807, 2.05) is 68.4 Å². The van der Waals surface area contributed by atoms with Crippen molar-refractivity contribution in [1.82, 2.24) is 9.97 Å². The van der Waals surface area contributed by atoms with E-state index in [0.717, 1.165) is 39.0 Å². The molecule has 160 valence electrons. The van der Waals surface area contributed by atoms with Gasteiger partial charge in [0.1, 0.15) is 0 Å². The van der Waals surface area contributed by atoms with Crippen molar-refractivity contribution < 1.29 is 4.39 Å². The molecular formula is C26H24FN5. The summed E-state index contributed by atoms with van der Waals surface area (Å²) in [4.78, 5) is 12.9. The second-order valence-corrected chi connectivity index (χ2v) is 7.67. The van der Waals surface area contributed by atoms with Gasteiger partial charge >= 0.3 is 0 Å². The van der Waals surface area contributed by atoms with Gasteiger partial charge in [0.15, 0.2) is 11.7 Å². The SMILES string of the molecule is Cc1cc(-c2ccc(CN=C(N)C(F)=C(N)c3ccc4nc(C)ccc4c3)cc2)ccn1. The summed E-state index contributed by atoms with van der Waals surface area (Å²) in [5, 5.41) is 0.879. The molecule has 0 fully saturated rings. The van der Waals surface area contributed by atoms with E-state index in [0.29, 0.717) is 5.56 Å². The first kappa shape index (κ1) is 21.2. The van der Waals surface area contributed by atoms with E-state index in [1.165, 1.54) is 0 Å². The molecule has 0 aliphatic rings. The van der Waals surface area contributed by atoms with Crippen LogP contribution in [0.25, 0.3) is 27.7 Å². The standard InChI is InChI=1S/C26H24FN5/c1-16-3-6-21-14-22(9-10-23(21)32-16)25(28)24(27)26(29)31-15-18-4-7-19(8-5-18)20-11-12-30-17(2)13-20/h3-14H,15,28H2,1-2H3,(H2,29,31). The molecule has 0 spiro atoms. The first-order valence-corrected chi connectivity index (χ1v) is 10.3. The number of halogens is 1. The Bertz CT molecular complexity index is 1340. The van der Waals surface area contributed by atoms with Crippen LogP contribution in [0.5, 0.6) is 0 Å². The average molecular weight is 426 g/mol. The van der Waals surface area contributed by atoms with Crippen molar-refractivity contribution in [2.45, 2.75) is 20.4 Å². The van der Waals surface area contributed by atoms with Crippen molar-refractivity contribution in [2.75, 3.05) is 0 Å². The average Bonchev–Trinajstić information content (AvgIpc) is 2.81. The van der Waals surface area contributed by atoms with Gasteiger partial charge in [-0.1, -0.05) is 36.4 Å². The number of amidine groups is 1. The molecule has 0 bridgehead atoms. The number of aliphatic imine (C=N–C) groups is 1. The van der Waals surface area contributed by atoms with Crippen LogP contribution in [0.1, 0.15) is 22.5 Å². The summed E-state index contributed by atoms with van der Waals surface area (Å²) in [7, 11) is 0. The fraction of sp³-hybridized carbons (Fsp3) is 0.115. The van der Waals surface area contributed by atoms with Crippen LogP contribution in [-0.2, 0) is 6.54 Å². The van der Waals surface area contributed by atoms with Gasteiger partial charge in [-0.2, -0.15) is 0 Å². The summed E-state index contributed by atoms with van der Waals surface area (Å²) in [6.45, 7) is 4.13. The van der Waals surface area contributed by atoms with Gasteiger partial charge in [-0.05, 0) is 60.9 Å². The summed E-state index contributed by atoms with van der Waals surface area (Å²) >= 11 is 0. The van der Waals surface area contributed by atoms with Crippen molar-refractivity contribution in [2.24, 2.45) is 16.5 Å². The molecule has 0 aliphatic heterocycles. The molecule has 6 heteroatoms. The van der Waals surface area contributed by atoms with Gasteiger partial charge in [0.25, 0.3) is 0 Å². The molecule has 0 amide bonds. The van der Waals surface area contributed by atoms with Crippen LogP contribution in [0.3, 0.4) is 0 Å². The van der Waals surface area contributed by atoms with Crippen molar-refractivity contribution >= 4 is 22.4 Å². The Morgan fingerprint density at radius 3 is 2.41 bits per heavy atom. The Balaban J connectivity index is 1.51. The second kappa shape index (κ2) is 8.98. The first-order chi connectivity index (χ1) is 15.4. The number of nitrogens with zero attached hydrogens (tertiary/aromatic N) is 3. The predicted molar refractivity (Wildman–Crippen MR) is 128 cm³/mol. The summed E-state index contributed by atoms with van der Waals surface area (Å²) in [5.74, 6) is -0.952. The smallest absolute Gasteiger partial charge is 0.188 e. The minimum atomic E-state index is -0.728. The number of benzene rings is 2. The van der Waals surface area contributed by atoms with Gasteiger partial charge in [0.2, 0.25) is 0 Å². The molecule has 0 atom stereocenters. The topological polar surface area (TPSA) is 90.2 Å². The van der Waals surface area contributed by atoms with Gasteiger partial charge in [0.05, 0.1) is 17.8 Å². The third kappa shape index (κ3) is 4.64. The molecule has 0 unspecified atom stereocenters. The van der Waals surface area contributed by atoms with Crippen molar-refractivity contribution in [1.29, 1.82) is 0 Å². The van der Waals surface area contributed by atoms with E-state index in [2.05, 4.69) is 15.0 Å². The lowest BCUT2D eigenvalue weighted by atomic mass is 10.0. The number of fused-ring (bicyclic) bond motifs is 1. The summed E-state index contributed by atoms with van der Waals surface area (Å²) in [6.07, 6.45) is 1.79. The van der Waals surface area contributed by atoms with Crippen LogP contribution < -0.4 is 11.5 Å². The Labute approximate surface area is 186 Å². The van der Waals surface area contributed by atoms with Crippen LogP contribution in [0.2, 0.25) is 0 Å². The molecule has 0 saturated carbocycles. The molecule has 2 aromatic heterocycles. The quantitative estimate of drug-likeness (QED) is 0.345. The first-order valence-electron chi connectivity index (χ1n) is 10.3. The predicted octanol–water partition coefficient (Wildman–Crippen LogP) is 5.07. The Kier molecular flexibility index (Phi) is 5.94. The van der Waals surface area contributed by atoms with E-state index < -0.39 is 5.83 Å². The fourth-order valence-electron chi connectivity index (χ4n) is 3.43. The third-order valence-corrected chi connectivity index (χ3v) is 5.22. The largest absolute Gasteiger partial charge is 0.396 e. The highest BCUT2D eigenvalue weighted by Crippen LogP contribution is 2.22. The molecule has 0 radical (unpaired) electrons. The number of aryl methyl sites for hydroxylation is 2. The molecule has 2 aromatic carbocycles. The number of nitrogens with two attached hydrogens (primary N) is 2. The normalized spacial score (nSPS) is 12.7. The van der Waals surface area contributed by atoms with E-state index in [1.54, 1.807) is 18.3 Å². The molecule has 5 nitrogen and oxygen atoms in total. The van der Waals surface area contributed by atoms with Gasteiger partial charge in [0, 0.05) is 28.5 Å². The number of rotatable bonds is 5. The maximum atomic E-state index is 14.8. The lowest BCUT2D eigenvalue weighted by Crippen LogP contribution is -2.16. The zero-order chi connectivity index (χ0) is 22.7. The zero-order valence-electron chi connectivity index (χ0n) is 18.0. The molecule has 2 heterocycles. The fourth-order valence-corrected chi connectivity index (χ4v) is 3.43. The maximum absolute atomic E-state index is 14.8. The summed E-state index contributed by atoms with van der Waals surface area (Å²) in [5.41, 5.74) is 18.2.